The van der Waals surface area contributed by atoms with E-state index >= 15 is 0 Å². The number of sulfonamides is 1. The molecule has 1 aliphatic heterocycles. The Morgan fingerprint density at radius 1 is 1.10 bits per heavy atom. The van der Waals surface area contributed by atoms with Crippen LogP contribution in [0.15, 0.2) is 53.4 Å². The Kier molecular flexibility index (Phi) is 7.50. The number of amides is 1. The molecule has 0 bridgehead atoms. The first-order valence-corrected chi connectivity index (χ1v) is 12.0. The van der Waals surface area contributed by atoms with Gasteiger partial charge in [-0.2, -0.15) is 4.31 Å². The fraction of sp³-hybridized carbons (Fsp3) is 0.435. The molecule has 0 radical (unpaired) electrons. The molecule has 6 nitrogen and oxygen atoms in total. The molecule has 0 aliphatic carbocycles. The summed E-state index contributed by atoms with van der Waals surface area (Å²) in [6.45, 7) is 5.33. The van der Waals surface area contributed by atoms with Gasteiger partial charge in [-0.1, -0.05) is 43.7 Å². The van der Waals surface area contributed by atoms with E-state index < -0.39 is 10.0 Å². The number of rotatable bonds is 8. The van der Waals surface area contributed by atoms with Crippen LogP contribution in [0.5, 0.6) is 5.75 Å². The molecule has 1 fully saturated rings. The summed E-state index contributed by atoms with van der Waals surface area (Å²) in [4.78, 5) is 12.9. The lowest BCUT2D eigenvalue weighted by atomic mass is 9.97. The minimum absolute atomic E-state index is 0.0435. The summed E-state index contributed by atoms with van der Waals surface area (Å²) < 4.78 is 33.2. The standard InChI is InChI=1S/C23H30N2O4S/c1-3-29-22-13-12-20(30(27,28)25-14-8-5-9-15-25)17-21(22)24-23(26)16-18(2)19-10-6-4-7-11-19/h4,6-7,10-13,17-18H,3,5,8-9,14-16H2,1-2H3,(H,24,26). The quantitative estimate of drug-likeness (QED) is 0.674. The Bertz CT molecular complexity index is 954. The van der Waals surface area contributed by atoms with E-state index in [1.807, 2.05) is 44.2 Å². The normalized spacial score (nSPS) is 16.1. The van der Waals surface area contributed by atoms with Crippen molar-refractivity contribution in [2.45, 2.75) is 50.3 Å². The molecule has 1 atom stereocenters. The Hall–Kier alpha value is -2.38. The summed E-state index contributed by atoms with van der Waals surface area (Å²) in [7, 11) is -3.59. The second-order valence-electron chi connectivity index (χ2n) is 7.62. The largest absolute Gasteiger partial charge is 0.492 e. The molecule has 0 aromatic heterocycles. The first kappa shape index (κ1) is 22.3. The van der Waals surface area contributed by atoms with Crippen LogP contribution in [0.4, 0.5) is 5.69 Å². The first-order valence-electron chi connectivity index (χ1n) is 10.5. The zero-order valence-electron chi connectivity index (χ0n) is 17.6. The van der Waals surface area contributed by atoms with Gasteiger partial charge in [-0.15, -0.1) is 0 Å². The molecule has 0 spiro atoms. The molecule has 30 heavy (non-hydrogen) atoms. The number of carbonyl (C=O) groups is 1. The topological polar surface area (TPSA) is 75.7 Å². The summed E-state index contributed by atoms with van der Waals surface area (Å²) in [6.07, 6.45) is 3.09. The van der Waals surface area contributed by atoms with Crippen molar-refractivity contribution in [3.63, 3.8) is 0 Å². The van der Waals surface area contributed by atoms with Crippen molar-refractivity contribution in [3.05, 3.63) is 54.1 Å². The van der Waals surface area contributed by atoms with Gasteiger partial charge in [-0.25, -0.2) is 8.42 Å². The van der Waals surface area contributed by atoms with Crippen molar-refractivity contribution in [1.82, 2.24) is 4.31 Å². The molecule has 1 heterocycles. The van der Waals surface area contributed by atoms with Crippen molar-refractivity contribution < 1.29 is 17.9 Å². The first-order chi connectivity index (χ1) is 14.4. The number of hydrogen-bond acceptors (Lipinski definition) is 4. The summed E-state index contributed by atoms with van der Waals surface area (Å²) >= 11 is 0. The van der Waals surface area contributed by atoms with E-state index in [0.717, 1.165) is 24.8 Å². The molecule has 162 valence electrons. The van der Waals surface area contributed by atoms with Gasteiger partial charge in [0.2, 0.25) is 15.9 Å². The van der Waals surface area contributed by atoms with Gasteiger partial charge in [0.15, 0.2) is 0 Å². The van der Waals surface area contributed by atoms with Crippen LogP contribution < -0.4 is 10.1 Å². The summed E-state index contributed by atoms with van der Waals surface area (Å²) in [5.41, 5.74) is 1.47. The van der Waals surface area contributed by atoms with Crippen molar-refractivity contribution in [2.75, 3.05) is 25.0 Å². The van der Waals surface area contributed by atoms with Crippen LogP contribution in [0, 0.1) is 0 Å². The van der Waals surface area contributed by atoms with Crippen molar-refractivity contribution >= 4 is 21.6 Å². The highest BCUT2D eigenvalue weighted by Crippen LogP contribution is 2.31. The third kappa shape index (κ3) is 5.40. The van der Waals surface area contributed by atoms with Gasteiger partial charge in [0.1, 0.15) is 5.75 Å². The molecule has 7 heteroatoms. The molecular formula is C23H30N2O4S. The van der Waals surface area contributed by atoms with E-state index in [1.165, 1.54) is 10.4 Å². The second kappa shape index (κ2) is 10.1. The number of ether oxygens (including phenoxy) is 1. The average Bonchev–Trinajstić information content (AvgIpc) is 2.76. The van der Waals surface area contributed by atoms with Gasteiger partial charge in [-0.05, 0) is 49.4 Å². The highest BCUT2D eigenvalue weighted by atomic mass is 32.2. The molecule has 1 unspecified atom stereocenters. The molecule has 1 saturated heterocycles. The van der Waals surface area contributed by atoms with Gasteiger partial charge in [-0.3, -0.25) is 4.79 Å². The van der Waals surface area contributed by atoms with Crippen LogP contribution in [0.25, 0.3) is 0 Å². The predicted molar refractivity (Wildman–Crippen MR) is 118 cm³/mol. The maximum absolute atomic E-state index is 13.0. The number of hydrogen-bond donors (Lipinski definition) is 1. The Morgan fingerprint density at radius 3 is 2.47 bits per heavy atom. The molecular weight excluding hydrogens is 400 g/mol. The molecule has 0 saturated carbocycles. The lowest BCUT2D eigenvalue weighted by molar-refractivity contribution is -0.116. The summed E-state index contributed by atoms with van der Waals surface area (Å²) in [5.74, 6) is 0.331. The fourth-order valence-electron chi connectivity index (χ4n) is 3.68. The molecule has 3 rings (SSSR count). The van der Waals surface area contributed by atoms with E-state index in [4.69, 9.17) is 4.74 Å². The lowest BCUT2D eigenvalue weighted by Gasteiger charge is -2.26. The maximum atomic E-state index is 13.0. The summed E-state index contributed by atoms with van der Waals surface area (Å²) in [6, 6.07) is 14.5. The van der Waals surface area contributed by atoms with Crippen molar-refractivity contribution in [1.29, 1.82) is 0 Å². The highest BCUT2D eigenvalue weighted by molar-refractivity contribution is 7.89. The van der Waals surface area contributed by atoms with E-state index in [9.17, 15) is 13.2 Å². The van der Waals surface area contributed by atoms with E-state index in [1.54, 1.807) is 12.1 Å². The van der Waals surface area contributed by atoms with Gasteiger partial charge < -0.3 is 10.1 Å². The Balaban J connectivity index is 1.79. The van der Waals surface area contributed by atoms with Gasteiger partial charge >= 0.3 is 0 Å². The molecule has 1 N–H and O–H groups in total. The van der Waals surface area contributed by atoms with Gasteiger partial charge in [0, 0.05) is 19.5 Å². The Labute approximate surface area is 179 Å². The number of nitrogens with zero attached hydrogens (tertiary/aromatic N) is 1. The Morgan fingerprint density at radius 2 is 1.80 bits per heavy atom. The summed E-state index contributed by atoms with van der Waals surface area (Å²) in [5, 5.41) is 2.86. The third-order valence-corrected chi connectivity index (χ3v) is 7.23. The molecule has 1 amide bonds. The minimum atomic E-state index is -3.59. The SMILES string of the molecule is CCOc1ccc(S(=O)(=O)N2CCCCC2)cc1NC(=O)CC(C)c1ccccc1. The molecule has 2 aromatic rings. The number of piperidine rings is 1. The van der Waals surface area contributed by atoms with Crippen LogP contribution in [0.2, 0.25) is 0 Å². The number of anilines is 1. The monoisotopic (exact) mass is 430 g/mol. The van der Waals surface area contributed by atoms with Crippen molar-refractivity contribution in [2.24, 2.45) is 0 Å². The molecule has 2 aromatic carbocycles. The smallest absolute Gasteiger partial charge is 0.243 e. The van der Waals surface area contributed by atoms with Crippen LogP contribution in [0.3, 0.4) is 0 Å². The van der Waals surface area contributed by atoms with Crippen LogP contribution in [0.1, 0.15) is 51.0 Å². The highest BCUT2D eigenvalue weighted by Gasteiger charge is 2.27. The number of nitrogens with one attached hydrogen (secondary N) is 1. The minimum Gasteiger partial charge on any atom is -0.492 e. The lowest BCUT2D eigenvalue weighted by Crippen LogP contribution is -2.35. The average molecular weight is 431 g/mol. The predicted octanol–water partition coefficient (Wildman–Crippen LogP) is 4.39. The van der Waals surface area contributed by atoms with Crippen LogP contribution in [-0.4, -0.2) is 38.3 Å². The maximum Gasteiger partial charge on any atom is 0.243 e. The van der Waals surface area contributed by atoms with Gasteiger partial charge in [0.05, 0.1) is 17.2 Å². The fourth-order valence-corrected chi connectivity index (χ4v) is 5.23. The molecule has 1 aliphatic rings. The van der Waals surface area contributed by atoms with Crippen LogP contribution in [-0.2, 0) is 14.8 Å². The van der Waals surface area contributed by atoms with E-state index in [-0.39, 0.29) is 16.7 Å². The zero-order valence-corrected chi connectivity index (χ0v) is 18.5. The number of carbonyl (C=O) groups excluding carboxylic acids is 1. The zero-order chi connectivity index (χ0) is 21.6. The van der Waals surface area contributed by atoms with Gasteiger partial charge in [0.25, 0.3) is 0 Å². The van der Waals surface area contributed by atoms with Crippen LogP contribution >= 0.6 is 0 Å². The van der Waals surface area contributed by atoms with E-state index in [2.05, 4.69) is 5.32 Å². The third-order valence-electron chi connectivity index (χ3n) is 5.34. The number of benzene rings is 2. The van der Waals surface area contributed by atoms with Crippen molar-refractivity contribution in [3.8, 4) is 5.75 Å². The van der Waals surface area contributed by atoms with E-state index in [0.29, 0.717) is 37.6 Å². The second-order valence-corrected chi connectivity index (χ2v) is 9.56.